The minimum atomic E-state index is -4.85. The lowest BCUT2D eigenvalue weighted by atomic mass is 10.1. The molecule has 1 aromatic heterocycles. The number of alkyl halides is 3. The third-order valence-corrected chi connectivity index (χ3v) is 2.58. The molecule has 0 saturated heterocycles. The molecule has 0 aliphatic carbocycles. The van der Waals surface area contributed by atoms with Crippen LogP contribution in [0.1, 0.15) is 23.0 Å². The van der Waals surface area contributed by atoms with E-state index in [9.17, 15) is 22.4 Å². The Bertz CT molecular complexity index is 667. The Balaban J connectivity index is 2.54. The van der Waals surface area contributed by atoms with E-state index < -0.39 is 29.1 Å². The molecule has 1 N–H and O–H groups in total. The van der Waals surface area contributed by atoms with Crippen molar-refractivity contribution in [2.75, 3.05) is 6.61 Å². The summed E-state index contributed by atoms with van der Waals surface area (Å²) >= 11 is 0. The molecule has 112 valence electrons. The van der Waals surface area contributed by atoms with Gasteiger partial charge >= 0.3 is 12.1 Å². The molecule has 1 heterocycles. The fraction of sp³-hybridized carbons (Fsp3) is 0.250. The van der Waals surface area contributed by atoms with Gasteiger partial charge in [-0.1, -0.05) is 6.07 Å². The highest BCUT2D eigenvalue weighted by molar-refractivity contribution is 5.94. The predicted octanol–water partition coefficient (Wildman–Crippen LogP) is 2.81. The first kappa shape index (κ1) is 14.9. The van der Waals surface area contributed by atoms with E-state index in [1.807, 2.05) is 0 Å². The Labute approximate surface area is 115 Å². The summed E-state index contributed by atoms with van der Waals surface area (Å²) in [6.07, 6.45) is -4.85. The molecule has 2 rings (SSSR count). The molecule has 0 atom stereocenters. The number of halogens is 4. The molecule has 0 bridgehead atoms. The van der Waals surface area contributed by atoms with Gasteiger partial charge in [-0.2, -0.15) is 23.5 Å². The molecule has 1 aromatic carbocycles. The zero-order valence-electron chi connectivity index (χ0n) is 10.7. The number of esters is 1. The summed E-state index contributed by atoms with van der Waals surface area (Å²) < 4.78 is 56.7. The van der Waals surface area contributed by atoms with Crippen molar-refractivity contribution in [1.82, 2.24) is 15.4 Å². The van der Waals surface area contributed by atoms with E-state index >= 15 is 0 Å². The summed E-state index contributed by atoms with van der Waals surface area (Å²) in [4.78, 5) is 11.6. The van der Waals surface area contributed by atoms with Gasteiger partial charge in [-0.15, -0.1) is 5.10 Å². The van der Waals surface area contributed by atoms with E-state index in [-0.39, 0.29) is 18.0 Å². The van der Waals surface area contributed by atoms with Crippen LogP contribution in [0.15, 0.2) is 18.2 Å². The summed E-state index contributed by atoms with van der Waals surface area (Å²) in [6.45, 7) is 1.58. The van der Waals surface area contributed by atoms with Gasteiger partial charge in [0.25, 0.3) is 0 Å². The van der Waals surface area contributed by atoms with Crippen LogP contribution in [0.2, 0.25) is 0 Å². The average Bonchev–Trinajstić information content (AvgIpc) is 2.87. The summed E-state index contributed by atoms with van der Waals surface area (Å²) in [5, 5.41) is 9.09. The van der Waals surface area contributed by atoms with Crippen LogP contribution in [-0.2, 0) is 10.9 Å². The molecule has 0 spiro atoms. The van der Waals surface area contributed by atoms with Crippen LogP contribution in [-0.4, -0.2) is 28.0 Å². The van der Waals surface area contributed by atoms with Gasteiger partial charge in [-0.25, -0.2) is 9.18 Å². The summed E-state index contributed by atoms with van der Waals surface area (Å²) in [7, 11) is 0. The number of ether oxygens (including phenoxy) is 1. The second kappa shape index (κ2) is 5.51. The maximum absolute atomic E-state index is 14.0. The van der Waals surface area contributed by atoms with Gasteiger partial charge in [-0.3, -0.25) is 0 Å². The maximum Gasteiger partial charge on any atom is 0.419 e. The lowest BCUT2D eigenvalue weighted by Gasteiger charge is -2.10. The fourth-order valence-electron chi connectivity index (χ4n) is 1.69. The van der Waals surface area contributed by atoms with Crippen molar-refractivity contribution < 1.29 is 27.1 Å². The summed E-state index contributed by atoms with van der Waals surface area (Å²) in [5.41, 5.74) is -2.65. The molecule has 0 amide bonds. The first-order chi connectivity index (χ1) is 9.86. The van der Waals surface area contributed by atoms with Crippen molar-refractivity contribution >= 4 is 5.97 Å². The number of hydrogen-bond donors (Lipinski definition) is 1. The number of nitrogens with one attached hydrogen (secondary N) is 1. The summed E-state index contributed by atoms with van der Waals surface area (Å²) in [6, 6.07) is 2.69. The van der Waals surface area contributed by atoms with Gasteiger partial charge < -0.3 is 4.74 Å². The van der Waals surface area contributed by atoms with E-state index in [0.29, 0.717) is 6.07 Å². The molecule has 0 radical (unpaired) electrons. The zero-order valence-corrected chi connectivity index (χ0v) is 10.7. The predicted molar refractivity (Wildman–Crippen MR) is 62.7 cm³/mol. The van der Waals surface area contributed by atoms with Crippen molar-refractivity contribution in [3.05, 3.63) is 35.3 Å². The van der Waals surface area contributed by atoms with Crippen LogP contribution in [0.3, 0.4) is 0 Å². The van der Waals surface area contributed by atoms with E-state index in [2.05, 4.69) is 20.1 Å². The topological polar surface area (TPSA) is 67.9 Å². The third-order valence-electron chi connectivity index (χ3n) is 2.58. The number of hydrogen-bond acceptors (Lipinski definition) is 4. The first-order valence-corrected chi connectivity index (χ1v) is 5.80. The zero-order chi connectivity index (χ0) is 15.6. The van der Waals surface area contributed by atoms with Crippen LogP contribution < -0.4 is 0 Å². The highest BCUT2D eigenvalue weighted by atomic mass is 19.4. The molecule has 0 aliphatic rings. The fourth-order valence-corrected chi connectivity index (χ4v) is 1.69. The minimum Gasteiger partial charge on any atom is -0.461 e. The van der Waals surface area contributed by atoms with Crippen LogP contribution >= 0.6 is 0 Å². The normalized spacial score (nSPS) is 11.5. The second-order valence-electron chi connectivity index (χ2n) is 3.91. The van der Waals surface area contributed by atoms with E-state index in [1.165, 1.54) is 0 Å². The maximum atomic E-state index is 14.0. The third kappa shape index (κ3) is 2.86. The van der Waals surface area contributed by atoms with E-state index in [0.717, 1.165) is 12.1 Å². The molecule has 5 nitrogen and oxygen atoms in total. The lowest BCUT2D eigenvalue weighted by Crippen LogP contribution is -2.10. The van der Waals surface area contributed by atoms with Crippen molar-refractivity contribution in [3.63, 3.8) is 0 Å². The Morgan fingerprint density at radius 3 is 2.67 bits per heavy atom. The molecule has 0 unspecified atom stereocenters. The number of carbonyl (C=O) groups is 1. The average molecular weight is 303 g/mol. The number of rotatable bonds is 3. The van der Waals surface area contributed by atoms with Crippen LogP contribution in [0.4, 0.5) is 17.6 Å². The number of H-pyrrole nitrogens is 1. The molecular formula is C12H9F4N3O2. The highest BCUT2D eigenvalue weighted by Gasteiger charge is 2.36. The summed E-state index contributed by atoms with van der Waals surface area (Å²) in [5.74, 6) is -2.43. The highest BCUT2D eigenvalue weighted by Crippen LogP contribution is 2.35. The SMILES string of the molecule is CCOC(=O)c1n[nH]nc1-c1cccc(C(F)(F)F)c1F. The second-order valence-corrected chi connectivity index (χ2v) is 3.91. The lowest BCUT2D eigenvalue weighted by molar-refractivity contribution is -0.139. The van der Waals surface area contributed by atoms with Gasteiger partial charge in [0.15, 0.2) is 5.69 Å². The molecule has 21 heavy (non-hydrogen) atoms. The number of aromatic nitrogens is 3. The van der Waals surface area contributed by atoms with Gasteiger partial charge in [0.1, 0.15) is 11.5 Å². The van der Waals surface area contributed by atoms with E-state index in [4.69, 9.17) is 0 Å². The Kier molecular flexibility index (Phi) is 3.92. The van der Waals surface area contributed by atoms with Gasteiger partial charge in [0.2, 0.25) is 0 Å². The standard InChI is InChI=1S/C12H9F4N3O2/c1-2-21-11(20)10-9(17-19-18-10)6-4-3-5-7(8(6)13)12(14,15)16/h3-5H,2H2,1H3,(H,17,18,19). The van der Waals surface area contributed by atoms with Crippen molar-refractivity contribution in [2.45, 2.75) is 13.1 Å². The monoisotopic (exact) mass is 303 g/mol. The quantitative estimate of drug-likeness (QED) is 0.699. The van der Waals surface area contributed by atoms with Crippen LogP contribution in [0.5, 0.6) is 0 Å². The Morgan fingerprint density at radius 2 is 2.05 bits per heavy atom. The van der Waals surface area contributed by atoms with Gasteiger partial charge in [0.05, 0.1) is 12.2 Å². The smallest absolute Gasteiger partial charge is 0.419 e. The van der Waals surface area contributed by atoms with Crippen molar-refractivity contribution in [3.8, 4) is 11.3 Å². The number of aromatic amines is 1. The molecule has 0 aliphatic heterocycles. The largest absolute Gasteiger partial charge is 0.461 e. The number of carbonyl (C=O) groups excluding carboxylic acids is 1. The van der Waals surface area contributed by atoms with Crippen molar-refractivity contribution in [1.29, 1.82) is 0 Å². The molecule has 0 saturated carbocycles. The molecule has 0 fully saturated rings. The van der Waals surface area contributed by atoms with Gasteiger partial charge in [-0.05, 0) is 19.1 Å². The van der Waals surface area contributed by atoms with Crippen LogP contribution in [0, 0.1) is 5.82 Å². The van der Waals surface area contributed by atoms with E-state index in [1.54, 1.807) is 6.92 Å². The Morgan fingerprint density at radius 1 is 1.33 bits per heavy atom. The molecular weight excluding hydrogens is 294 g/mol. The molecule has 9 heteroatoms. The minimum absolute atomic E-state index is 0.0379. The number of benzene rings is 1. The molecule has 2 aromatic rings. The van der Waals surface area contributed by atoms with Crippen molar-refractivity contribution in [2.24, 2.45) is 0 Å². The van der Waals surface area contributed by atoms with Gasteiger partial charge in [0, 0.05) is 5.56 Å². The number of nitrogens with zero attached hydrogens (tertiary/aromatic N) is 2. The van der Waals surface area contributed by atoms with Crippen LogP contribution in [0.25, 0.3) is 11.3 Å². The Hall–Kier alpha value is -2.45. The first-order valence-electron chi connectivity index (χ1n) is 5.80.